The molecule has 1 saturated heterocycles. The Morgan fingerprint density at radius 1 is 1.20 bits per heavy atom. The molecule has 8 nitrogen and oxygen atoms in total. The second-order valence-electron chi connectivity index (χ2n) is 8.08. The SMILES string of the molecule is CC1CC(N(C)c2ccc(-c3ccc(-n4cccn4)c4c3NC(=O)C4)nn2)CCN1. The highest BCUT2D eigenvalue weighted by Gasteiger charge is 2.27. The van der Waals surface area contributed by atoms with Crippen molar-refractivity contribution >= 4 is 17.4 Å². The van der Waals surface area contributed by atoms with Crippen LogP contribution in [0.2, 0.25) is 0 Å². The van der Waals surface area contributed by atoms with E-state index in [9.17, 15) is 4.79 Å². The number of fused-ring (bicyclic) bond motifs is 1. The minimum absolute atomic E-state index is 0.0183. The van der Waals surface area contributed by atoms with Gasteiger partial charge in [-0.25, -0.2) is 4.68 Å². The first-order chi connectivity index (χ1) is 14.6. The molecule has 0 spiro atoms. The van der Waals surface area contributed by atoms with Gasteiger partial charge in [-0.05, 0) is 56.6 Å². The zero-order valence-electron chi connectivity index (χ0n) is 17.2. The number of amides is 1. The molecular formula is C22H25N7O. The van der Waals surface area contributed by atoms with Gasteiger partial charge in [-0.1, -0.05) is 0 Å². The lowest BCUT2D eigenvalue weighted by molar-refractivity contribution is -0.115. The molecule has 5 rings (SSSR count). The number of benzene rings is 1. The van der Waals surface area contributed by atoms with Gasteiger partial charge in [0.25, 0.3) is 0 Å². The Balaban J connectivity index is 1.45. The Labute approximate surface area is 175 Å². The highest BCUT2D eigenvalue weighted by atomic mass is 16.1. The number of hydrogen-bond acceptors (Lipinski definition) is 6. The van der Waals surface area contributed by atoms with Crippen LogP contribution >= 0.6 is 0 Å². The van der Waals surface area contributed by atoms with Crippen molar-refractivity contribution in [1.82, 2.24) is 25.3 Å². The van der Waals surface area contributed by atoms with Gasteiger partial charge in [0.15, 0.2) is 5.82 Å². The van der Waals surface area contributed by atoms with Crippen LogP contribution in [-0.2, 0) is 11.2 Å². The van der Waals surface area contributed by atoms with Gasteiger partial charge in [0.2, 0.25) is 5.91 Å². The van der Waals surface area contributed by atoms with E-state index in [-0.39, 0.29) is 5.91 Å². The van der Waals surface area contributed by atoms with E-state index < -0.39 is 0 Å². The highest BCUT2D eigenvalue weighted by Crippen LogP contribution is 2.37. The largest absolute Gasteiger partial charge is 0.355 e. The van der Waals surface area contributed by atoms with Crippen LogP contribution in [-0.4, -0.2) is 51.6 Å². The molecule has 2 N–H and O–H groups in total. The molecule has 1 amide bonds. The minimum atomic E-state index is -0.0183. The number of nitrogens with one attached hydrogen (secondary N) is 2. The lowest BCUT2D eigenvalue weighted by Crippen LogP contribution is -2.45. The molecule has 0 aliphatic carbocycles. The summed E-state index contributed by atoms with van der Waals surface area (Å²) in [5, 5.41) is 19.8. The fourth-order valence-corrected chi connectivity index (χ4v) is 4.44. The average molecular weight is 403 g/mol. The van der Waals surface area contributed by atoms with Gasteiger partial charge in [-0.2, -0.15) is 5.10 Å². The molecule has 1 fully saturated rings. The summed E-state index contributed by atoms with van der Waals surface area (Å²) < 4.78 is 1.78. The van der Waals surface area contributed by atoms with E-state index >= 15 is 0 Å². The summed E-state index contributed by atoms with van der Waals surface area (Å²) in [7, 11) is 2.09. The first-order valence-electron chi connectivity index (χ1n) is 10.4. The molecule has 2 unspecified atom stereocenters. The van der Waals surface area contributed by atoms with E-state index in [1.165, 1.54) is 0 Å². The summed E-state index contributed by atoms with van der Waals surface area (Å²) in [4.78, 5) is 14.4. The van der Waals surface area contributed by atoms with E-state index in [4.69, 9.17) is 0 Å². The molecule has 30 heavy (non-hydrogen) atoms. The number of anilines is 2. The number of nitrogens with zero attached hydrogens (tertiary/aromatic N) is 5. The lowest BCUT2D eigenvalue weighted by atomic mass is 9.99. The predicted octanol–water partition coefficient (Wildman–Crippen LogP) is 2.40. The maximum Gasteiger partial charge on any atom is 0.228 e. The van der Waals surface area contributed by atoms with Crippen molar-refractivity contribution in [3.8, 4) is 16.9 Å². The summed E-state index contributed by atoms with van der Waals surface area (Å²) >= 11 is 0. The topological polar surface area (TPSA) is 88.0 Å². The zero-order valence-corrected chi connectivity index (χ0v) is 17.2. The highest BCUT2D eigenvalue weighted by molar-refractivity contribution is 6.04. The third-order valence-electron chi connectivity index (χ3n) is 6.07. The standard InChI is InChI=1S/C22H25N7O/c1-14-12-15(8-10-23-14)28(2)20-7-5-18(26-27-20)16-4-6-19(29-11-3-9-24-29)17-13-21(30)25-22(16)17/h3-7,9,11,14-15,23H,8,10,12-13H2,1-2H3,(H,25,30). The van der Waals surface area contributed by atoms with Crippen LogP contribution in [0, 0.1) is 0 Å². The molecule has 2 aliphatic rings. The molecule has 2 aliphatic heterocycles. The summed E-state index contributed by atoms with van der Waals surface area (Å²) in [6.45, 7) is 3.24. The molecule has 154 valence electrons. The number of rotatable bonds is 4. The van der Waals surface area contributed by atoms with Crippen molar-refractivity contribution in [2.45, 2.75) is 38.3 Å². The second kappa shape index (κ2) is 7.53. The van der Waals surface area contributed by atoms with Crippen LogP contribution in [0.1, 0.15) is 25.3 Å². The monoisotopic (exact) mass is 403 g/mol. The Kier molecular flexibility index (Phi) is 4.71. The molecule has 4 heterocycles. The van der Waals surface area contributed by atoms with E-state index in [1.807, 2.05) is 36.5 Å². The molecule has 1 aromatic carbocycles. The Morgan fingerprint density at radius 3 is 2.83 bits per heavy atom. The third-order valence-corrected chi connectivity index (χ3v) is 6.07. The number of carbonyl (C=O) groups excluding carboxylic acids is 1. The van der Waals surface area contributed by atoms with Crippen LogP contribution in [0.5, 0.6) is 0 Å². The number of hydrogen-bond donors (Lipinski definition) is 2. The molecule has 2 aromatic heterocycles. The molecule has 8 heteroatoms. The summed E-state index contributed by atoms with van der Waals surface area (Å²) in [5.41, 5.74) is 4.27. The van der Waals surface area contributed by atoms with Gasteiger partial charge < -0.3 is 15.5 Å². The third kappa shape index (κ3) is 3.33. The van der Waals surface area contributed by atoms with Gasteiger partial charge in [0.1, 0.15) is 0 Å². The van der Waals surface area contributed by atoms with E-state index in [1.54, 1.807) is 10.9 Å². The van der Waals surface area contributed by atoms with Crippen molar-refractivity contribution in [1.29, 1.82) is 0 Å². The molecule has 3 aromatic rings. The van der Waals surface area contributed by atoms with Crippen molar-refractivity contribution in [2.24, 2.45) is 0 Å². The van der Waals surface area contributed by atoms with Crippen molar-refractivity contribution in [2.75, 3.05) is 23.8 Å². The first-order valence-corrected chi connectivity index (χ1v) is 10.4. The molecule has 0 radical (unpaired) electrons. The smallest absolute Gasteiger partial charge is 0.228 e. The van der Waals surface area contributed by atoms with Crippen molar-refractivity contribution in [3.05, 3.63) is 48.3 Å². The molecular weight excluding hydrogens is 378 g/mol. The van der Waals surface area contributed by atoms with Crippen LogP contribution in [0.3, 0.4) is 0 Å². The molecule has 0 saturated carbocycles. The van der Waals surface area contributed by atoms with E-state index in [0.717, 1.165) is 53.4 Å². The molecule has 0 bridgehead atoms. The maximum absolute atomic E-state index is 12.2. The fraction of sp³-hybridized carbons (Fsp3) is 0.364. The van der Waals surface area contributed by atoms with Gasteiger partial charge in [-0.3, -0.25) is 4.79 Å². The first kappa shape index (κ1) is 18.7. The number of carbonyl (C=O) groups is 1. The van der Waals surface area contributed by atoms with Gasteiger partial charge >= 0.3 is 0 Å². The second-order valence-corrected chi connectivity index (χ2v) is 8.08. The fourth-order valence-electron chi connectivity index (χ4n) is 4.44. The van der Waals surface area contributed by atoms with Gasteiger partial charge in [0, 0.05) is 42.7 Å². The quantitative estimate of drug-likeness (QED) is 0.696. The van der Waals surface area contributed by atoms with Gasteiger partial charge in [0.05, 0.1) is 23.5 Å². The number of aromatic nitrogens is 4. The van der Waals surface area contributed by atoms with Crippen molar-refractivity contribution < 1.29 is 4.79 Å². The minimum Gasteiger partial charge on any atom is -0.355 e. The van der Waals surface area contributed by atoms with E-state index in [2.05, 4.69) is 44.8 Å². The maximum atomic E-state index is 12.2. The van der Waals surface area contributed by atoms with E-state index in [0.29, 0.717) is 18.5 Å². The zero-order chi connectivity index (χ0) is 20.7. The Bertz CT molecular complexity index is 1060. The van der Waals surface area contributed by atoms with Gasteiger partial charge in [-0.15, -0.1) is 10.2 Å². The Hall–Kier alpha value is -3.26. The summed E-state index contributed by atoms with van der Waals surface area (Å²) in [5.74, 6) is 0.849. The van der Waals surface area contributed by atoms with Crippen LogP contribution in [0.15, 0.2) is 42.7 Å². The van der Waals surface area contributed by atoms with Crippen LogP contribution in [0.4, 0.5) is 11.5 Å². The predicted molar refractivity (Wildman–Crippen MR) is 116 cm³/mol. The Morgan fingerprint density at radius 2 is 2.10 bits per heavy atom. The van der Waals surface area contributed by atoms with Crippen LogP contribution < -0.4 is 15.5 Å². The summed E-state index contributed by atoms with van der Waals surface area (Å²) in [6, 6.07) is 10.8. The van der Waals surface area contributed by atoms with Crippen LogP contribution in [0.25, 0.3) is 16.9 Å². The summed E-state index contributed by atoms with van der Waals surface area (Å²) in [6.07, 6.45) is 6.13. The molecule has 2 atom stereocenters. The lowest BCUT2D eigenvalue weighted by Gasteiger charge is -2.35. The number of piperidine rings is 1. The average Bonchev–Trinajstić information content (AvgIpc) is 3.42. The van der Waals surface area contributed by atoms with Crippen molar-refractivity contribution in [3.63, 3.8) is 0 Å². The normalized spacial score (nSPS) is 20.7.